The molecule has 0 saturated heterocycles. The zero-order chi connectivity index (χ0) is 11.1. The number of aliphatic hydroxyl groups excluding tert-OH is 1. The molecule has 1 atom stereocenters. The van der Waals surface area contributed by atoms with Gasteiger partial charge in [-0.25, -0.2) is 4.68 Å². The van der Waals surface area contributed by atoms with Crippen molar-refractivity contribution in [3.05, 3.63) is 11.9 Å². The molecule has 5 nitrogen and oxygen atoms in total. The van der Waals surface area contributed by atoms with E-state index in [1.54, 1.807) is 4.68 Å². The van der Waals surface area contributed by atoms with Gasteiger partial charge >= 0.3 is 0 Å². The third kappa shape index (κ3) is 4.40. The highest BCUT2D eigenvalue weighted by molar-refractivity contribution is 4.91. The first-order valence-electron chi connectivity index (χ1n) is 5.46. The minimum Gasteiger partial charge on any atom is -0.394 e. The van der Waals surface area contributed by atoms with Crippen molar-refractivity contribution in [2.24, 2.45) is 5.92 Å². The van der Waals surface area contributed by atoms with Crippen LogP contribution in [0.25, 0.3) is 0 Å². The van der Waals surface area contributed by atoms with E-state index in [4.69, 9.17) is 5.11 Å². The average molecular weight is 212 g/mol. The monoisotopic (exact) mass is 212 g/mol. The molecule has 86 valence electrons. The zero-order valence-electron chi connectivity index (χ0n) is 9.48. The number of hydrogen-bond donors (Lipinski definition) is 2. The standard InChI is InChI=1S/C10H20N4O/c1-3-9(2)6-11-7-10-8-14(4-5-15)13-12-10/h8-9,11,15H,3-7H2,1-2H3. The lowest BCUT2D eigenvalue weighted by molar-refractivity contribution is 0.268. The molecule has 0 aromatic carbocycles. The van der Waals surface area contributed by atoms with Crippen molar-refractivity contribution in [3.8, 4) is 0 Å². The van der Waals surface area contributed by atoms with Gasteiger partial charge in [0.05, 0.1) is 18.8 Å². The number of hydrogen-bond acceptors (Lipinski definition) is 4. The summed E-state index contributed by atoms with van der Waals surface area (Å²) in [5.74, 6) is 0.692. The molecule has 5 heteroatoms. The maximum atomic E-state index is 8.71. The van der Waals surface area contributed by atoms with E-state index < -0.39 is 0 Å². The molecule has 1 rings (SSSR count). The van der Waals surface area contributed by atoms with Crippen molar-refractivity contribution >= 4 is 0 Å². The van der Waals surface area contributed by atoms with Gasteiger partial charge in [0.1, 0.15) is 0 Å². The van der Waals surface area contributed by atoms with Crippen molar-refractivity contribution in [1.29, 1.82) is 0 Å². The van der Waals surface area contributed by atoms with E-state index in [9.17, 15) is 0 Å². The van der Waals surface area contributed by atoms with E-state index >= 15 is 0 Å². The van der Waals surface area contributed by atoms with Crippen LogP contribution >= 0.6 is 0 Å². The predicted molar refractivity (Wildman–Crippen MR) is 58.3 cm³/mol. The molecule has 2 N–H and O–H groups in total. The Morgan fingerprint density at radius 2 is 2.40 bits per heavy atom. The Balaban J connectivity index is 2.25. The summed E-state index contributed by atoms with van der Waals surface area (Å²) in [6, 6.07) is 0. The van der Waals surface area contributed by atoms with Crippen molar-refractivity contribution in [2.75, 3.05) is 13.2 Å². The van der Waals surface area contributed by atoms with Gasteiger partial charge in [-0.1, -0.05) is 25.5 Å². The predicted octanol–water partition coefficient (Wildman–Crippen LogP) is 0.406. The molecule has 0 aliphatic heterocycles. The number of nitrogens with zero attached hydrogens (tertiary/aromatic N) is 3. The van der Waals surface area contributed by atoms with Crippen LogP contribution in [0.4, 0.5) is 0 Å². The maximum absolute atomic E-state index is 8.71. The second-order valence-corrected chi connectivity index (χ2v) is 3.84. The van der Waals surface area contributed by atoms with Gasteiger partial charge < -0.3 is 10.4 Å². The van der Waals surface area contributed by atoms with Gasteiger partial charge in [-0.05, 0) is 12.5 Å². The third-order valence-corrected chi connectivity index (χ3v) is 2.41. The summed E-state index contributed by atoms with van der Waals surface area (Å²) < 4.78 is 1.65. The number of rotatable bonds is 7. The number of nitrogens with one attached hydrogen (secondary N) is 1. The fourth-order valence-corrected chi connectivity index (χ4v) is 1.22. The SMILES string of the molecule is CCC(C)CNCc1cn(CCO)nn1. The molecule has 1 heterocycles. The topological polar surface area (TPSA) is 63.0 Å². The molecule has 0 saturated carbocycles. The fourth-order valence-electron chi connectivity index (χ4n) is 1.22. The first-order chi connectivity index (χ1) is 7.26. The first-order valence-corrected chi connectivity index (χ1v) is 5.46. The fraction of sp³-hybridized carbons (Fsp3) is 0.800. The van der Waals surface area contributed by atoms with Crippen LogP contribution in [0, 0.1) is 5.92 Å². The summed E-state index contributed by atoms with van der Waals surface area (Å²) in [4.78, 5) is 0. The van der Waals surface area contributed by atoms with E-state index in [-0.39, 0.29) is 6.61 Å². The zero-order valence-corrected chi connectivity index (χ0v) is 9.48. The maximum Gasteiger partial charge on any atom is 0.0964 e. The van der Waals surface area contributed by atoms with Crippen molar-refractivity contribution < 1.29 is 5.11 Å². The number of aliphatic hydroxyl groups is 1. The highest BCUT2D eigenvalue weighted by atomic mass is 16.3. The van der Waals surface area contributed by atoms with E-state index in [1.165, 1.54) is 6.42 Å². The molecule has 0 fully saturated rings. The minimum atomic E-state index is 0.100. The Hall–Kier alpha value is -0.940. The van der Waals surface area contributed by atoms with Gasteiger partial charge in [0.15, 0.2) is 0 Å². The molecule has 1 aromatic heterocycles. The lowest BCUT2D eigenvalue weighted by Gasteiger charge is -2.07. The molecule has 0 aliphatic carbocycles. The summed E-state index contributed by atoms with van der Waals surface area (Å²) in [6.45, 7) is 6.76. The van der Waals surface area contributed by atoms with E-state index in [0.29, 0.717) is 12.5 Å². The van der Waals surface area contributed by atoms with Crippen LogP contribution in [-0.4, -0.2) is 33.3 Å². The summed E-state index contributed by atoms with van der Waals surface area (Å²) in [6.07, 6.45) is 3.05. The molecule has 0 amide bonds. The Labute approximate surface area is 90.5 Å². The molecule has 15 heavy (non-hydrogen) atoms. The van der Waals surface area contributed by atoms with Crippen LogP contribution in [0.5, 0.6) is 0 Å². The van der Waals surface area contributed by atoms with Crippen molar-refractivity contribution in [1.82, 2.24) is 20.3 Å². The van der Waals surface area contributed by atoms with Gasteiger partial charge in [0.25, 0.3) is 0 Å². The van der Waals surface area contributed by atoms with Gasteiger partial charge in [0.2, 0.25) is 0 Å². The molecule has 0 aliphatic rings. The molecular weight excluding hydrogens is 192 g/mol. The highest BCUT2D eigenvalue weighted by Gasteiger charge is 2.01. The van der Waals surface area contributed by atoms with Crippen LogP contribution in [0.1, 0.15) is 26.0 Å². The Kier molecular flexibility index (Phi) is 5.28. The Morgan fingerprint density at radius 3 is 3.07 bits per heavy atom. The largest absolute Gasteiger partial charge is 0.394 e. The average Bonchev–Trinajstić information content (AvgIpc) is 2.66. The van der Waals surface area contributed by atoms with Crippen LogP contribution in [0.2, 0.25) is 0 Å². The number of aromatic nitrogens is 3. The van der Waals surface area contributed by atoms with Crippen LogP contribution in [-0.2, 0) is 13.1 Å². The highest BCUT2D eigenvalue weighted by Crippen LogP contribution is 1.98. The summed E-state index contributed by atoms with van der Waals surface area (Å²) in [5.41, 5.74) is 0.923. The quantitative estimate of drug-likeness (QED) is 0.687. The Morgan fingerprint density at radius 1 is 1.60 bits per heavy atom. The second kappa shape index (κ2) is 6.53. The lowest BCUT2D eigenvalue weighted by Crippen LogP contribution is -2.20. The van der Waals surface area contributed by atoms with Crippen molar-refractivity contribution in [2.45, 2.75) is 33.4 Å². The normalized spacial score (nSPS) is 13.0. The smallest absolute Gasteiger partial charge is 0.0964 e. The van der Waals surface area contributed by atoms with Crippen LogP contribution in [0.15, 0.2) is 6.20 Å². The van der Waals surface area contributed by atoms with Crippen molar-refractivity contribution in [3.63, 3.8) is 0 Å². The lowest BCUT2D eigenvalue weighted by atomic mass is 10.1. The minimum absolute atomic E-state index is 0.100. The van der Waals surface area contributed by atoms with E-state index in [1.807, 2.05) is 6.20 Å². The van der Waals surface area contributed by atoms with Gasteiger partial charge in [0, 0.05) is 12.7 Å². The summed E-state index contributed by atoms with van der Waals surface area (Å²) in [5, 5.41) is 19.9. The van der Waals surface area contributed by atoms with E-state index in [2.05, 4.69) is 29.5 Å². The summed E-state index contributed by atoms with van der Waals surface area (Å²) >= 11 is 0. The van der Waals surface area contributed by atoms with Crippen LogP contribution in [0.3, 0.4) is 0 Å². The van der Waals surface area contributed by atoms with E-state index in [0.717, 1.165) is 18.8 Å². The molecular formula is C10H20N4O. The molecule has 0 bridgehead atoms. The molecule has 0 spiro atoms. The van der Waals surface area contributed by atoms with Gasteiger partial charge in [-0.3, -0.25) is 0 Å². The summed E-state index contributed by atoms with van der Waals surface area (Å²) in [7, 11) is 0. The molecule has 1 aromatic rings. The third-order valence-electron chi connectivity index (χ3n) is 2.41. The molecule has 1 unspecified atom stereocenters. The molecule has 0 radical (unpaired) electrons. The van der Waals surface area contributed by atoms with Crippen LogP contribution < -0.4 is 5.32 Å². The first kappa shape index (κ1) is 12.1. The van der Waals surface area contributed by atoms with Gasteiger partial charge in [-0.2, -0.15) is 0 Å². The second-order valence-electron chi connectivity index (χ2n) is 3.84. The Bertz CT molecular complexity index is 274. The van der Waals surface area contributed by atoms with Gasteiger partial charge in [-0.15, -0.1) is 5.10 Å².